The van der Waals surface area contributed by atoms with Crippen LogP contribution in [0.15, 0.2) is 29.2 Å². The van der Waals surface area contributed by atoms with Gasteiger partial charge in [-0.2, -0.15) is 8.42 Å². The molecule has 0 aliphatic heterocycles. The summed E-state index contributed by atoms with van der Waals surface area (Å²) in [6.07, 6.45) is 7.54. The van der Waals surface area contributed by atoms with Crippen molar-refractivity contribution in [3.8, 4) is 0 Å². The summed E-state index contributed by atoms with van der Waals surface area (Å²) >= 11 is 0. The molecule has 4 heteroatoms. The minimum atomic E-state index is -3.61. The molecule has 0 spiro atoms. The van der Waals surface area contributed by atoms with Gasteiger partial charge in [0.2, 0.25) is 0 Å². The van der Waals surface area contributed by atoms with E-state index in [9.17, 15) is 8.42 Å². The van der Waals surface area contributed by atoms with E-state index in [0.29, 0.717) is 0 Å². The maximum Gasteiger partial charge on any atom is 0.297 e. The predicted octanol–water partition coefficient (Wildman–Crippen LogP) is 4.45. The van der Waals surface area contributed by atoms with Crippen LogP contribution in [0, 0.1) is 12.8 Å². The lowest BCUT2D eigenvalue weighted by molar-refractivity contribution is 0.134. The summed E-state index contributed by atoms with van der Waals surface area (Å²) in [5.41, 5.74) is 1.05. The van der Waals surface area contributed by atoms with Crippen molar-refractivity contribution >= 4 is 10.1 Å². The van der Waals surface area contributed by atoms with Crippen molar-refractivity contribution in [2.75, 3.05) is 0 Å². The van der Waals surface area contributed by atoms with Gasteiger partial charge in [-0.25, -0.2) is 0 Å². The maximum absolute atomic E-state index is 12.2. The lowest BCUT2D eigenvalue weighted by atomic mass is 9.84. The van der Waals surface area contributed by atoms with E-state index in [4.69, 9.17) is 4.18 Å². The summed E-state index contributed by atoms with van der Waals surface area (Å²) < 4.78 is 29.9. The Bertz CT molecular complexity index is 526. The quantitative estimate of drug-likeness (QED) is 0.729. The normalized spacial score (nSPS) is 23.1. The van der Waals surface area contributed by atoms with Crippen molar-refractivity contribution in [3.63, 3.8) is 0 Å². The predicted molar refractivity (Wildman–Crippen MR) is 84.7 cm³/mol. The molecular formula is C17H26O3S. The Labute approximate surface area is 128 Å². The molecule has 1 aromatic rings. The number of hydrogen-bond donors (Lipinski definition) is 0. The molecule has 0 unspecified atom stereocenters. The number of hydrogen-bond acceptors (Lipinski definition) is 3. The Morgan fingerprint density at radius 1 is 1.10 bits per heavy atom. The molecule has 0 heterocycles. The van der Waals surface area contributed by atoms with Gasteiger partial charge in [-0.1, -0.05) is 43.9 Å². The van der Waals surface area contributed by atoms with Crippen LogP contribution in [-0.4, -0.2) is 14.5 Å². The highest BCUT2D eigenvalue weighted by Crippen LogP contribution is 2.31. The number of rotatable bonds is 6. The van der Waals surface area contributed by atoms with Gasteiger partial charge >= 0.3 is 0 Å². The first-order valence-corrected chi connectivity index (χ1v) is 9.42. The van der Waals surface area contributed by atoms with E-state index in [1.165, 1.54) is 19.3 Å². The zero-order valence-electron chi connectivity index (χ0n) is 13.0. The number of benzene rings is 1. The second kappa shape index (κ2) is 7.41. The highest BCUT2D eigenvalue weighted by molar-refractivity contribution is 7.86. The lowest BCUT2D eigenvalue weighted by Crippen LogP contribution is -2.24. The summed E-state index contributed by atoms with van der Waals surface area (Å²) in [5.74, 6) is 0.756. The molecule has 0 aromatic heterocycles. The van der Waals surface area contributed by atoms with Crippen molar-refractivity contribution < 1.29 is 12.6 Å². The van der Waals surface area contributed by atoms with Gasteiger partial charge in [-0.15, -0.1) is 0 Å². The molecule has 1 aliphatic rings. The second-order valence-electron chi connectivity index (χ2n) is 6.15. The molecule has 0 atom stereocenters. The van der Waals surface area contributed by atoms with E-state index in [0.717, 1.165) is 37.2 Å². The van der Waals surface area contributed by atoms with Crippen LogP contribution >= 0.6 is 0 Å². The van der Waals surface area contributed by atoms with Crippen LogP contribution in [0.2, 0.25) is 0 Å². The van der Waals surface area contributed by atoms with E-state index < -0.39 is 10.1 Å². The van der Waals surface area contributed by atoms with E-state index in [1.54, 1.807) is 24.3 Å². The fourth-order valence-electron chi connectivity index (χ4n) is 2.95. The van der Waals surface area contributed by atoms with Crippen LogP contribution in [0.1, 0.15) is 57.4 Å². The Balaban J connectivity index is 1.89. The van der Waals surface area contributed by atoms with Crippen molar-refractivity contribution in [1.82, 2.24) is 0 Å². The molecule has 0 amide bonds. The fourth-order valence-corrected chi connectivity index (χ4v) is 4.08. The van der Waals surface area contributed by atoms with Gasteiger partial charge in [0.05, 0.1) is 11.0 Å². The second-order valence-corrected chi connectivity index (χ2v) is 7.72. The molecule has 0 radical (unpaired) electrons. The minimum absolute atomic E-state index is 0.144. The zero-order valence-corrected chi connectivity index (χ0v) is 13.9. The first-order valence-electron chi connectivity index (χ1n) is 8.01. The molecule has 0 bridgehead atoms. The summed E-state index contributed by atoms with van der Waals surface area (Å²) in [6, 6.07) is 6.85. The SMILES string of the molecule is CCCCC1CCC(OS(=O)(=O)c2ccc(C)cc2)CC1. The smallest absolute Gasteiger partial charge is 0.263 e. The molecule has 118 valence electrons. The van der Waals surface area contributed by atoms with E-state index in [-0.39, 0.29) is 11.0 Å². The molecule has 1 saturated carbocycles. The third-order valence-corrected chi connectivity index (χ3v) is 5.71. The minimum Gasteiger partial charge on any atom is -0.263 e. The number of aryl methyl sites for hydroxylation is 1. The van der Waals surface area contributed by atoms with Crippen molar-refractivity contribution in [1.29, 1.82) is 0 Å². The van der Waals surface area contributed by atoms with Crippen LogP contribution in [0.5, 0.6) is 0 Å². The third kappa shape index (κ3) is 4.82. The monoisotopic (exact) mass is 310 g/mol. The van der Waals surface area contributed by atoms with Gasteiger partial charge in [0.15, 0.2) is 0 Å². The van der Waals surface area contributed by atoms with Gasteiger partial charge < -0.3 is 0 Å². The lowest BCUT2D eigenvalue weighted by Gasteiger charge is -2.28. The maximum atomic E-state index is 12.2. The largest absolute Gasteiger partial charge is 0.297 e. The fraction of sp³-hybridized carbons (Fsp3) is 0.647. The topological polar surface area (TPSA) is 43.4 Å². The van der Waals surface area contributed by atoms with Crippen molar-refractivity contribution in [3.05, 3.63) is 29.8 Å². The van der Waals surface area contributed by atoms with E-state index in [2.05, 4.69) is 6.92 Å². The Hall–Kier alpha value is -0.870. The molecule has 3 nitrogen and oxygen atoms in total. The summed E-state index contributed by atoms with van der Waals surface area (Å²) in [7, 11) is -3.61. The Morgan fingerprint density at radius 2 is 1.71 bits per heavy atom. The first-order chi connectivity index (χ1) is 10.0. The highest BCUT2D eigenvalue weighted by Gasteiger charge is 2.26. The molecule has 1 aromatic carbocycles. The Morgan fingerprint density at radius 3 is 2.29 bits per heavy atom. The van der Waals surface area contributed by atoms with Crippen LogP contribution in [0.3, 0.4) is 0 Å². The van der Waals surface area contributed by atoms with Gasteiger partial charge in [0.25, 0.3) is 10.1 Å². The zero-order chi connectivity index (χ0) is 15.3. The van der Waals surface area contributed by atoms with Gasteiger partial charge in [0.1, 0.15) is 0 Å². The molecule has 21 heavy (non-hydrogen) atoms. The van der Waals surface area contributed by atoms with Crippen LogP contribution < -0.4 is 0 Å². The molecule has 0 saturated heterocycles. The van der Waals surface area contributed by atoms with Crippen LogP contribution in [0.4, 0.5) is 0 Å². The number of unbranched alkanes of at least 4 members (excludes halogenated alkanes) is 1. The molecule has 0 N–H and O–H groups in total. The van der Waals surface area contributed by atoms with Crippen LogP contribution in [-0.2, 0) is 14.3 Å². The first kappa shape index (κ1) is 16.5. The standard InChI is InChI=1S/C17H26O3S/c1-3-4-5-15-8-10-16(11-9-15)20-21(18,19)17-12-6-14(2)7-13-17/h6-7,12-13,15-16H,3-5,8-11H2,1-2H3. The molecule has 1 fully saturated rings. The average molecular weight is 310 g/mol. The van der Waals surface area contributed by atoms with Crippen molar-refractivity contribution in [2.45, 2.75) is 69.8 Å². The van der Waals surface area contributed by atoms with E-state index >= 15 is 0 Å². The van der Waals surface area contributed by atoms with E-state index in [1.807, 2.05) is 6.92 Å². The summed E-state index contributed by atoms with van der Waals surface area (Å²) in [4.78, 5) is 0.265. The summed E-state index contributed by atoms with van der Waals surface area (Å²) in [6.45, 7) is 4.15. The molecular weight excluding hydrogens is 284 g/mol. The molecule has 2 rings (SSSR count). The van der Waals surface area contributed by atoms with Crippen molar-refractivity contribution in [2.24, 2.45) is 5.92 Å². The van der Waals surface area contributed by atoms with Gasteiger partial charge in [-0.05, 0) is 50.7 Å². The van der Waals surface area contributed by atoms with Gasteiger partial charge in [0, 0.05) is 0 Å². The summed E-state index contributed by atoms with van der Waals surface area (Å²) in [5, 5.41) is 0. The van der Waals surface area contributed by atoms with Gasteiger partial charge in [-0.3, -0.25) is 4.18 Å². The van der Waals surface area contributed by atoms with Crippen LogP contribution in [0.25, 0.3) is 0 Å². The average Bonchev–Trinajstić information content (AvgIpc) is 2.47. The third-order valence-electron chi connectivity index (χ3n) is 4.33. The molecule has 1 aliphatic carbocycles. The Kier molecular flexibility index (Phi) is 5.82. The highest BCUT2D eigenvalue weighted by atomic mass is 32.2.